The Morgan fingerprint density at radius 3 is 2.26 bits per heavy atom. The number of hydrogen-bond donors (Lipinski definition) is 0. The van der Waals surface area contributed by atoms with Gasteiger partial charge in [0.25, 0.3) is 0 Å². The van der Waals surface area contributed by atoms with Crippen molar-refractivity contribution in [2.45, 2.75) is 65.7 Å². The summed E-state index contributed by atoms with van der Waals surface area (Å²) in [5, 5.41) is 0. The van der Waals surface area contributed by atoms with E-state index in [1.165, 1.54) is 6.42 Å². The number of halogens is 1. The van der Waals surface area contributed by atoms with E-state index in [9.17, 15) is 0 Å². The van der Waals surface area contributed by atoms with Gasteiger partial charge in [-0.1, -0.05) is 46.3 Å². The average Bonchev–Trinajstić information content (AvgIpc) is 2.41. The lowest BCUT2D eigenvalue weighted by Gasteiger charge is -2.28. The SMILES string of the molecule is CCOCCC(/C=C\[C@@H](C)CC)C(C)C(C)([ClH+])CC. The third kappa shape index (κ3) is 7.37. The second kappa shape index (κ2) is 9.83. The molecule has 3 unspecified atom stereocenters. The quantitative estimate of drug-likeness (QED) is 0.321. The van der Waals surface area contributed by atoms with Gasteiger partial charge < -0.3 is 4.74 Å². The van der Waals surface area contributed by atoms with Gasteiger partial charge in [-0.2, -0.15) is 0 Å². The molecule has 0 fully saturated rings. The molecule has 4 atom stereocenters. The zero-order valence-electron chi connectivity index (χ0n) is 13.7. The number of ether oxygens (including phenoxy) is 1. The molecule has 0 aromatic rings. The van der Waals surface area contributed by atoms with E-state index in [-0.39, 0.29) is 4.87 Å². The second-order valence-electron chi connectivity index (χ2n) is 5.87. The van der Waals surface area contributed by atoms with Crippen LogP contribution in [0.2, 0.25) is 0 Å². The first-order valence-electron chi connectivity index (χ1n) is 7.85. The molecular formula is C17H34ClO+. The molecule has 0 aliphatic carbocycles. The molecule has 0 N–H and O–H groups in total. The fourth-order valence-corrected chi connectivity index (χ4v) is 2.29. The molecule has 2 heteroatoms. The third-order valence-electron chi connectivity index (χ3n) is 4.44. The van der Waals surface area contributed by atoms with Crippen LogP contribution in [0.1, 0.15) is 60.8 Å². The van der Waals surface area contributed by atoms with Crippen molar-refractivity contribution in [3.8, 4) is 0 Å². The Labute approximate surface area is 125 Å². The maximum absolute atomic E-state index is 5.76. The number of rotatable bonds is 10. The van der Waals surface area contributed by atoms with Crippen molar-refractivity contribution in [1.29, 1.82) is 0 Å². The van der Waals surface area contributed by atoms with Crippen LogP contribution in [0.3, 0.4) is 0 Å². The van der Waals surface area contributed by atoms with E-state index >= 15 is 0 Å². The van der Waals surface area contributed by atoms with Gasteiger partial charge in [-0.3, -0.25) is 0 Å². The molecule has 0 radical (unpaired) electrons. The molecule has 0 saturated carbocycles. The first-order chi connectivity index (χ1) is 8.88. The van der Waals surface area contributed by atoms with E-state index in [1.807, 2.05) is 0 Å². The smallest absolute Gasteiger partial charge is 0.189 e. The van der Waals surface area contributed by atoms with Crippen LogP contribution >= 0.6 is 0 Å². The molecule has 0 spiro atoms. The highest BCUT2D eigenvalue weighted by molar-refractivity contribution is 4.96. The summed E-state index contributed by atoms with van der Waals surface area (Å²) in [7, 11) is 0. The van der Waals surface area contributed by atoms with E-state index < -0.39 is 0 Å². The van der Waals surface area contributed by atoms with E-state index in [1.54, 1.807) is 0 Å². The Kier molecular flexibility index (Phi) is 9.82. The fraction of sp³-hybridized carbons (Fsp3) is 0.882. The van der Waals surface area contributed by atoms with Crippen molar-refractivity contribution in [1.82, 2.24) is 0 Å². The van der Waals surface area contributed by atoms with Gasteiger partial charge in [-0.25, -0.2) is 0 Å². The van der Waals surface area contributed by atoms with Gasteiger partial charge in [0, 0.05) is 25.6 Å². The van der Waals surface area contributed by atoms with Crippen LogP contribution < -0.4 is 0 Å². The first-order valence-corrected chi connectivity index (χ1v) is 8.26. The highest BCUT2D eigenvalue weighted by Gasteiger charge is 2.38. The summed E-state index contributed by atoms with van der Waals surface area (Å²) in [6.45, 7) is 14.9. The Balaban J connectivity index is 4.69. The summed E-state index contributed by atoms with van der Waals surface area (Å²) in [5.74, 6) is 1.69. The molecule has 0 aliphatic rings. The van der Waals surface area contributed by atoms with Gasteiger partial charge in [0.05, 0.1) is 0 Å². The molecule has 0 aromatic carbocycles. The summed E-state index contributed by atoms with van der Waals surface area (Å²) in [5.41, 5.74) is 0. The molecule has 1 nitrogen and oxygen atoms in total. The van der Waals surface area contributed by atoms with Gasteiger partial charge in [0.1, 0.15) is 11.6 Å². The van der Waals surface area contributed by atoms with Crippen LogP contribution in [0.15, 0.2) is 12.2 Å². The van der Waals surface area contributed by atoms with E-state index in [2.05, 4.69) is 53.7 Å². The third-order valence-corrected chi connectivity index (χ3v) is 5.10. The van der Waals surface area contributed by atoms with Crippen LogP contribution in [-0.2, 0) is 4.74 Å². The van der Waals surface area contributed by atoms with Gasteiger partial charge in [-0.15, -0.1) is 0 Å². The molecule has 0 bridgehead atoms. The standard InChI is InChI=1S/C17H34ClO/c1-7-14(4)10-11-16(12-13-19-9-3)15(5)17(6,18)8-2/h10-11,14-16,18H,7-9,12-13H2,1-6H3/q+1/b11-10-/t14-,15?,16?,17?/m0/s1. The van der Waals surface area contributed by atoms with Crippen molar-refractivity contribution in [3.05, 3.63) is 12.2 Å². The lowest BCUT2D eigenvalue weighted by Crippen LogP contribution is -2.34. The second-order valence-corrected chi connectivity index (χ2v) is 6.81. The monoisotopic (exact) mass is 289 g/mol. The molecule has 0 aromatic heterocycles. The summed E-state index contributed by atoms with van der Waals surface area (Å²) < 4.78 is 5.53. The molecule has 114 valence electrons. The maximum atomic E-state index is 5.76. The lowest BCUT2D eigenvalue weighted by molar-refractivity contribution is -0.488. The Hall–Kier alpha value is -0.0100. The van der Waals surface area contributed by atoms with Crippen LogP contribution in [0.25, 0.3) is 0 Å². The Bertz CT molecular complexity index is 248. The average molecular weight is 290 g/mol. The predicted octanol–water partition coefficient (Wildman–Crippen LogP) is 4.72. The van der Waals surface area contributed by atoms with Gasteiger partial charge in [0.2, 0.25) is 0 Å². The van der Waals surface area contributed by atoms with E-state index in [0.29, 0.717) is 17.8 Å². The Morgan fingerprint density at radius 2 is 1.79 bits per heavy atom. The number of allylic oxidation sites excluding steroid dienone is 2. The minimum atomic E-state index is -0.0172. The Morgan fingerprint density at radius 1 is 1.16 bits per heavy atom. The minimum absolute atomic E-state index is 0.0172. The lowest BCUT2D eigenvalue weighted by atomic mass is 9.79. The summed E-state index contributed by atoms with van der Waals surface area (Å²) in [6, 6.07) is 0. The van der Waals surface area contributed by atoms with Crippen molar-refractivity contribution < 1.29 is 16.3 Å². The van der Waals surface area contributed by atoms with Gasteiger partial charge in [0.15, 0.2) is 4.87 Å². The molecule has 0 aliphatic heterocycles. The largest absolute Gasteiger partial charge is 0.382 e. The molecule has 0 amide bonds. The zero-order chi connectivity index (χ0) is 14.9. The summed E-state index contributed by atoms with van der Waals surface area (Å²) >= 11 is 5.76. The normalized spacial score (nSPS) is 20.2. The van der Waals surface area contributed by atoms with Crippen LogP contribution in [0.4, 0.5) is 0 Å². The highest BCUT2D eigenvalue weighted by Crippen LogP contribution is 2.32. The van der Waals surface area contributed by atoms with Crippen molar-refractivity contribution in [2.75, 3.05) is 13.2 Å². The fourth-order valence-electron chi connectivity index (χ4n) is 2.12. The van der Waals surface area contributed by atoms with Crippen LogP contribution in [0, 0.1) is 29.4 Å². The van der Waals surface area contributed by atoms with Gasteiger partial charge in [-0.05, 0) is 32.1 Å². The molecule has 19 heavy (non-hydrogen) atoms. The van der Waals surface area contributed by atoms with Crippen LogP contribution in [0.5, 0.6) is 0 Å². The minimum Gasteiger partial charge on any atom is -0.382 e. The molecule has 0 heterocycles. The molecule has 0 saturated heterocycles. The molecule has 0 rings (SSSR count). The van der Waals surface area contributed by atoms with Gasteiger partial charge >= 0.3 is 0 Å². The summed E-state index contributed by atoms with van der Waals surface area (Å²) in [4.78, 5) is -0.0172. The molecular weight excluding hydrogens is 256 g/mol. The highest BCUT2D eigenvalue weighted by atomic mass is 35.5. The predicted molar refractivity (Wildman–Crippen MR) is 82.5 cm³/mol. The van der Waals surface area contributed by atoms with Crippen LogP contribution in [-0.4, -0.2) is 18.1 Å². The topological polar surface area (TPSA) is 9.23 Å². The number of alkyl halides is 1. The van der Waals surface area contributed by atoms with Crippen molar-refractivity contribution >= 4 is 0 Å². The van der Waals surface area contributed by atoms with Crippen molar-refractivity contribution in [2.24, 2.45) is 17.8 Å². The maximum Gasteiger partial charge on any atom is 0.189 e. The van der Waals surface area contributed by atoms with E-state index in [4.69, 9.17) is 16.3 Å². The van der Waals surface area contributed by atoms with Crippen molar-refractivity contribution in [3.63, 3.8) is 0 Å². The first kappa shape index (κ1) is 19.0. The number of hydrogen-bond acceptors (Lipinski definition) is 1. The summed E-state index contributed by atoms with van der Waals surface area (Å²) in [6.07, 6.45) is 8.06. The zero-order valence-corrected chi connectivity index (χ0v) is 14.6. The van der Waals surface area contributed by atoms with E-state index in [0.717, 1.165) is 26.1 Å².